The number of halogens is 2. The normalized spacial score (nSPS) is 15.6. The first-order valence-corrected chi connectivity index (χ1v) is 5.23. The fraction of sp³-hybridized carbons (Fsp3) is 0.273. The Hall–Kier alpha value is -1.42. The first kappa shape index (κ1) is 11.1. The molecule has 1 atom stereocenters. The maximum Gasteiger partial charge on any atom is 0.228 e. The second kappa shape index (κ2) is 3.87. The van der Waals surface area contributed by atoms with Crippen LogP contribution in [0.5, 0.6) is 0 Å². The van der Waals surface area contributed by atoms with E-state index in [-0.39, 0.29) is 23.7 Å². The van der Waals surface area contributed by atoms with E-state index >= 15 is 0 Å². The van der Waals surface area contributed by atoms with Crippen LogP contribution >= 0.6 is 11.6 Å². The van der Waals surface area contributed by atoms with E-state index in [0.29, 0.717) is 11.3 Å². The van der Waals surface area contributed by atoms with Gasteiger partial charge >= 0.3 is 0 Å². The monoisotopic (exact) mass is 241 g/mol. The minimum absolute atomic E-state index is 0.101. The molecule has 0 radical (unpaired) electrons. The number of carbonyl (C=O) groups excluding carboxylic acids is 2. The third-order valence-electron chi connectivity index (χ3n) is 2.43. The van der Waals surface area contributed by atoms with E-state index in [2.05, 4.69) is 5.32 Å². The van der Waals surface area contributed by atoms with E-state index in [1.807, 2.05) is 0 Å². The summed E-state index contributed by atoms with van der Waals surface area (Å²) in [7, 11) is 0. The van der Waals surface area contributed by atoms with Gasteiger partial charge in [0.2, 0.25) is 5.91 Å². The number of rotatable bonds is 2. The fourth-order valence-electron chi connectivity index (χ4n) is 1.72. The molecule has 16 heavy (non-hydrogen) atoms. The molecule has 84 valence electrons. The zero-order valence-corrected chi connectivity index (χ0v) is 9.27. The molecule has 3 nitrogen and oxygen atoms in total. The third-order valence-corrected chi connectivity index (χ3v) is 2.63. The van der Waals surface area contributed by atoms with Crippen molar-refractivity contribution in [2.24, 2.45) is 0 Å². The molecule has 1 aromatic rings. The van der Waals surface area contributed by atoms with Crippen LogP contribution in [0.1, 0.15) is 22.8 Å². The molecule has 2 rings (SSSR count). The average Bonchev–Trinajstić information content (AvgIpc) is 2.55. The number of hydrogen-bond acceptors (Lipinski definition) is 2. The van der Waals surface area contributed by atoms with Crippen LogP contribution in [-0.2, 0) is 11.2 Å². The first-order valence-electron chi connectivity index (χ1n) is 4.79. The lowest BCUT2D eigenvalue weighted by Gasteiger charge is -2.08. The zero-order valence-electron chi connectivity index (χ0n) is 8.51. The van der Waals surface area contributed by atoms with Gasteiger partial charge in [-0.3, -0.25) is 9.59 Å². The Morgan fingerprint density at radius 1 is 1.56 bits per heavy atom. The van der Waals surface area contributed by atoms with Gasteiger partial charge in [-0.2, -0.15) is 0 Å². The molecule has 0 fully saturated rings. The SMILES string of the molecule is CC(Cl)C(=O)c1cc(F)cc2c1NC(=O)C2. The molecule has 0 aromatic heterocycles. The van der Waals surface area contributed by atoms with E-state index in [0.717, 1.165) is 6.07 Å². The Balaban J connectivity index is 2.55. The van der Waals surface area contributed by atoms with E-state index in [1.54, 1.807) is 0 Å². The van der Waals surface area contributed by atoms with Crippen LogP contribution in [0.2, 0.25) is 0 Å². The lowest BCUT2D eigenvalue weighted by molar-refractivity contribution is -0.115. The van der Waals surface area contributed by atoms with Crippen molar-refractivity contribution in [2.45, 2.75) is 18.7 Å². The summed E-state index contributed by atoms with van der Waals surface area (Å²) in [6.07, 6.45) is 0.101. The third kappa shape index (κ3) is 1.80. The first-order chi connectivity index (χ1) is 7.49. The molecule has 1 N–H and O–H groups in total. The second-order valence-corrected chi connectivity index (χ2v) is 4.35. The summed E-state index contributed by atoms with van der Waals surface area (Å²) in [5.74, 6) is -1.16. The van der Waals surface area contributed by atoms with Crippen molar-refractivity contribution in [3.05, 3.63) is 29.1 Å². The van der Waals surface area contributed by atoms with Crippen molar-refractivity contribution < 1.29 is 14.0 Å². The molecule has 1 aromatic carbocycles. The maximum absolute atomic E-state index is 13.2. The summed E-state index contributed by atoms with van der Waals surface area (Å²) in [6, 6.07) is 2.36. The van der Waals surface area contributed by atoms with Crippen LogP contribution in [0, 0.1) is 5.82 Å². The van der Waals surface area contributed by atoms with E-state index < -0.39 is 11.2 Å². The molecule has 0 aliphatic carbocycles. The number of amides is 1. The topological polar surface area (TPSA) is 46.2 Å². The lowest BCUT2D eigenvalue weighted by Crippen LogP contribution is -2.14. The Labute approximate surface area is 96.6 Å². The van der Waals surface area contributed by atoms with Gasteiger partial charge in [0.25, 0.3) is 0 Å². The minimum Gasteiger partial charge on any atom is -0.325 e. The highest BCUT2D eigenvalue weighted by molar-refractivity contribution is 6.34. The molecule has 1 unspecified atom stereocenters. The highest BCUT2D eigenvalue weighted by atomic mass is 35.5. The lowest BCUT2D eigenvalue weighted by atomic mass is 10.0. The number of benzene rings is 1. The molecule has 1 aliphatic rings. The molecule has 1 heterocycles. The van der Waals surface area contributed by atoms with Crippen molar-refractivity contribution in [3.63, 3.8) is 0 Å². The van der Waals surface area contributed by atoms with Crippen LogP contribution in [-0.4, -0.2) is 17.1 Å². The van der Waals surface area contributed by atoms with Gasteiger partial charge in [0.05, 0.1) is 17.5 Å². The number of alkyl halides is 1. The second-order valence-electron chi connectivity index (χ2n) is 3.69. The largest absolute Gasteiger partial charge is 0.325 e. The molecule has 0 saturated carbocycles. The molecular weight excluding hydrogens is 233 g/mol. The van der Waals surface area contributed by atoms with Gasteiger partial charge < -0.3 is 5.32 Å². The smallest absolute Gasteiger partial charge is 0.228 e. The van der Waals surface area contributed by atoms with Crippen LogP contribution in [0.4, 0.5) is 10.1 Å². The Morgan fingerprint density at radius 3 is 2.88 bits per heavy atom. The predicted molar refractivity (Wildman–Crippen MR) is 58.4 cm³/mol. The average molecular weight is 242 g/mol. The van der Waals surface area contributed by atoms with Crippen LogP contribution < -0.4 is 5.32 Å². The van der Waals surface area contributed by atoms with Gasteiger partial charge in [-0.25, -0.2) is 4.39 Å². The van der Waals surface area contributed by atoms with Crippen molar-refractivity contribution >= 4 is 29.0 Å². The Morgan fingerprint density at radius 2 is 2.25 bits per heavy atom. The van der Waals surface area contributed by atoms with Gasteiger partial charge in [-0.15, -0.1) is 11.6 Å². The minimum atomic E-state index is -0.747. The highest BCUT2D eigenvalue weighted by Crippen LogP contribution is 2.29. The maximum atomic E-state index is 13.2. The summed E-state index contributed by atoms with van der Waals surface area (Å²) in [5.41, 5.74) is 1.04. The zero-order chi connectivity index (χ0) is 11.9. The van der Waals surface area contributed by atoms with Crippen molar-refractivity contribution in [3.8, 4) is 0 Å². The van der Waals surface area contributed by atoms with Crippen LogP contribution in [0.15, 0.2) is 12.1 Å². The summed E-state index contributed by atoms with van der Waals surface area (Å²) < 4.78 is 13.2. The van der Waals surface area contributed by atoms with Gasteiger partial charge in [-0.1, -0.05) is 0 Å². The quantitative estimate of drug-likeness (QED) is 0.637. The van der Waals surface area contributed by atoms with Gasteiger partial charge in [0.15, 0.2) is 5.78 Å². The van der Waals surface area contributed by atoms with Gasteiger partial charge in [0.1, 0.15) is 5.82 Å². The predicted octanol–water partition coefficient (Wildman–Crippen LogP) is 2.13. The van der Waals surface area contributed by atoms with Crippen LogP contribution in [0.25, 0.3) is 0 Å². The number of Topliss-reactive ketones (excluding diaryl/α,β-unsaturated/α-hetero) is 1. The summed E-state index contributed by atoms with van der Waals surface area (Å²) in [5, 5.41) is 1.80. The van der Waals surface area contributed by atoms with E-state index in [9.17, 15) is 14.0 Å². The van der Waals surface area contributed by atoms with Crippen molar-refractivity contribution in [2.75, 3.05) is 5.32 Å². The fourth-order valence-corrected chi connectivity index (χ4v) is 1.83. The molecule has 5 heteroatoms. The molecule has 0 spiro atoms. The Kier molecular flexibility index (Phi) is 2.68. The summed E-state index contributed by atoms with van der Waals surface area (Å²) >= 11 is 5.67. The van der Waals surface area contributed by atoms with Gasteiger partial charge in [-0.05, 0) is 24.6 Å². The van der Waals surface area contributed by atoms with E-state index in [1.165, 1.54) is 13.0 Å². The molecule has 0 bridgehead atoms. The number of ketones is 1. The standard InChI is InChI=1S/C11H9ClFNO2/c1-5(12)11(16)8-4-7(13)2-6-3-9(15)14-10(6)8/h2,4-5H,3H2,1H3,(H,14,15). The number of carbonyl (C=O) groups is 2. The molecule has 0 saturated heterocycles. The summed E-state index contributed by atoms with van der Waals surface area (Å²) in [4.78, 5) is 22.9. The van der Waals surface area contributed by atoms with Crippen molar-refractivity contribution in [1.82, 2.24) is 0 Å². The number of anilines is 1. The summed E-state index contributed by atoms with van der Waals surface area (Å²) in [6.45, 7) is 1.51. The molecular formula is C11H9ClFNO2. The number of hydrogen-bond donors (Lipinski definition) is 1. The van der Waals surface area contributed by atoms with Gasteiger partial charge in [0, 0.05) is 5.56 Å². The Bertz CT molecular complexity index is 485. The van der Waals surface area contributed by atoms with Crippen molar-refractivity contribution in [1.29, 1.82) is 0 Å². The molecule has 1 amide bonds. The van der Waals surface area contributed by atoms with Crippen LogP contribution in [0.3, 0.4) is 0 Å². The van der Waals surface area contributed by atoms with E-state index in [4.69, 9.17) is 11.6 Å². The highest BCUT2D eigenvalue weighted by Gasteiger charge is 2.26. The molecule has 1 aliphatic heterocycles. The number of nitrogens with one attached hydrogen (secondary N) is 1. The number of fused-ring (bicyclic) bond motifs is 1.